The van der Waals surface area contributed by atoms with Gasteiger partial charge in [-0.1, -0.05) is 24.3 Å². The third-order valence-electron chi connectivity index (χ3n) is 18.6. The van der Waals surface area contributed by atoms with Crippen molar-refractivity contribution in [1.82, 2.24) is 39.0 Å². The molecule has 28 nitrogen and oxygen atoms in total. The molecule has 0 saturated heterocycles. The van der Waals surface area contributed by atoms with Crippen molar-refractivity contribution in [3.05, 3.63) is 209 Å². The molecular weight excluding hydrogens is 1450 g/mol. The van der Waals surface area contributed by atoms with E-state index in [0.717, 1.165) is 33.5 Å². The van der Waals surface area contributed by atoms with E-state index in [9.17, 15) is 55.0 Å². The van der Waals surface area contributed by atoms with E-state index in [-0.39, 0.29) is 72.7 Å². The normalized spacial score (nSPS) is 21.2. The third-order valence-corrected chi connectivity index (χ3v) is 23.1. The smallest absolute Gasteiger partial charge is 0.333 e. The van der Waals surface area contributed by atoms with Crippen molar-refractivity contribution in [2.45, 2.75) is 103 Å². The summed E-state index contributed by atoms with van der Waals surface area (Å²) >= 11 is 4.20. The van der Waals surface area contributed by atoms with E-state index in [1.807, 2.05) is 65.0 Å². The second-order valence-electron chi connectivity index (χ2n) is 26.1. The number of hydrogen-bond donors (Lipinski definition) is 6. The van der Waals surface area contributed by atoms with E-state index >= 15 is 0 Å². The second-order valence-corrected chi connectivity index (χ2v) is 32.9. The van der Waals surface area contributed by atoms with Crippen molar-refractivity contribution in [3.8, 4) is 6.07 Å². The van der Waals surface area contributed by atoms with Gasteiger partial charge in [-0.2, -0.15) is 30.5 Å². The molecule has 9 aromatic rings. The number of nitrogens with zero attached hydrogens (tertiary/aromatic N) is 9. The number of carbonyl (C=O) groups excluding carboxylic acids is 3. The molecule has 0 unspecified atom stereocenters. The van der Waals surface area contributed by atoms with Crippen LogP contribution in [0.5, 0.6) is 0 Å². The van der Waals surface area contributed by atoms with Gasteiger partial charge < -0.3 is 29.2 Å². The van der Waals surface area contributed by atoms with Crippen LogP contribution in [0, 0.1) is 53.8 Å². The molecular formula is C69H76N12O16S6. The molecule has 544 valence electrons. The predicted molar refractivity (Wildman–Crippen MR) is 381 cm³/mol. The van der Waals surface area contributed by atoms with Crippen molar-refractivity contribution < 1.29 is 72.2 Å². The van der Waals surface area contributed by atoms with Crippen molar-refractivity contribution in [3.63, 3.8) is 0 Å². The Morgan fingerprint density at radius 2 is 1.10 bits per heavy atom. The first-order valence-electron chi connectivity index (χ1n) is 32.8. The van der Waals surface area contributed by atoms with Gasteiger partial charge in [0.25, 0.3) is 0 Å². The van der Waals surface area contributed by atoms with Gasteiger partial charge in [-0.05, 0) is 164 Å². The summed E-state index contributed by atoms with van der Waals surface area (Å²) in [6.07, 6.45) is 19.5. The third kappa shape index (κ3) is 21.0. The van der Waals surface area contributed by atoms with Crippen LogP contribution in [0.15, 0.2) is 133 Å². The molecule has 4 aliphatic rings. The minimum Gasteiger partial charge on any atom is -0.393 e. The fourth-order valence-corrected chi connectivity index (χ4v) is 17.4. The van der Waals surface area contributed by atoms with Gasteiger partial charge >= 0.3 is 30.9 Å². The van der Waals surface area contributed by atoms with Crippen LogP contribution in [-0.4, -0.2) is 148 Å². The molecule has 0 spiro atoms. The summed E-state index contributed by atoms with van der Waals surface area (Å²) in [5.41, 5.74) is 9.17. The summed E-state index contributed by atoms with van der Waals surface area (Å²) in [6.45, 7) is 3.94. The van der Waals surface area contributed by atoms with E-state index in [4.69, 9.17) is 25.4 Å². The molecule has 3 saturated carbocycles. The van der Waals surface area contributed by atoms with Crippen LogP contribution in [0.2, 0.25) is 0 Å². The summed E-state index contributed by atoms with van der Waals surface area (Å²) < 4.78 is 89.8. The molecule has 9 atom stereocenters. The molecule has 9 N–H and O–H groups in total. The lowest BCUT2D eigenvalue weighted by Crippen LogP contribution is -2.24. The molecule has 1 aromatic carbocycles. The van der Waals surface area contributed by atoms with Gasteiger partial charge in [-0.3, -0.25) is 26.9 Å². The van der Waals surface area contributed by atoms with E-state index in [2.05, 4.69) is 77.4 Å². The SMILES string of the molecule is Cc1sc(C(=O)c2cncnc2C[C@@H]2C[C@H](COS(N)(=O)=O)[C@@H](O)C2)cc1Cn1ccc(C#N)c1.NS(=O)(=O)OC[C@H]1C[C@@H](Cc2ncncc2C(=O)c2cc(CC3=CCOC3)cs2)C[C@@H]1O.NS(=O)(=O)OC[C@H]1C[C@@H](Cc2ncncc2C(=O)c2cc(Cn3ccc4ccccc43)cs2)C[C@@H]1O. The van der Waals surface area contributed by atoms with Gasteiger partial charge in [0.2, 0.25) is 17.3 Å². The molecule has 9 heterocycles. The lowest BCUT2D eigenvalue weighted by molar-refractivity contribution is 0.0997. The van der Waals surface area contributed by atoms with Gasteiger partial charge in [0, 0.05) is 78.4 Å². The standard InChI is InChI=1S/C25H26N4O5S2.C23H25N5O5S2.C21H25N3O6S2/c26-36(32,33)34-13-19-7-16(9-23(19)30)8-21-20(11-27-15-28-21)25(31)24-10-17(14-35-24)12-29-6-5-18-3-1-2-4-22(18)29;1-14-17(11-28-3-2-15(8-24)10-28)7-22(34-14)23(30)19-9-26-13-27-20(19)5-16-4-18(21(29)6-16)12-33-35(25,31)32;22-32(27,28)30-10-16-4-14(6-19(16)25)5-18-17(8-23-12-24-18)21(26)20-7-15(11-31-20)3-13-1-2-29-9-13/h1-6,10-11,14-16,19,23,30H,7-9,12-13H2,(H2,26,32,33);2-3,7,9-10,13,16,18,21,29H,4-6,11-12H2,1H3,(H2,25,31,32);1,7-8,11-12,14,16,19,25H,2-6,9-10H2,(H2,22,27,28)/t16-,19+,23-;16-,18+,21-;14-,16+,19-/m000/s1. The Hall–Kier alpha value is -7.93. The van der Waals surface area contributed by atoms with Crippen LogP contribution in [0.1, 0.15) is 128 Å². The first-order chi connectivity index (χ1) is 49.2. The maximum absolute atomic E-state index is 13.4. The average molecular weight is 1520 g/mol. The van der Waals surface area contributed by atoms with Gasteiger partial charge in [0.1, 0.15) is 25.1 Å². The van der Waals surface area contributed by atoms with Crippen LogP contribution < -0.4 is 15.4 Å². The van der Waals surface area contributed by atoms with Crippen molar-refractivity contribution in [1.29, 1.82) is 5.26 Å². The lowest BCUT2D eigenvalue weighted by Gasteiger charge is -2.13. The minimum absolute atomic E-state index is 0.00392. The quantitative estimate of drug-likeness (QED) is 0.0243. The number of aliphatic hydroxyl groups is 3. The molecule has 0 amide bonds. The first-order valence-corrected chi connectivity index (χ1v) is 39.8. The highest BCUT2D eigenvalue weighted by atomic mass is 32.2. The average Bonchev–Trinajstić information content (AvgIpc) is 1.74. The Labute approximate surface area is 607 Å². The number of fused-ring (bicyclic) bond motifs is 1. The fourth-order valence-electron chi connectivity index (χ4n) is 13.6. The molecule has 103 heavy (non-hydrogen) atoms. The molecule has 3 aliphatic carbocycles. The van der Waals surface area contributed by atoms with E-state index < -0.39 is 49.2 Å². The zero-order valence-corrected chi connectivity index (χ0v) is 60.6. The van der Waals surface area contributed by atoms with E-state index in [1.54, 1.807) is 12.3 Å². The van der Waals surface area contributed by atoms with Crippen molar-refractivity contribution >= 4 is 93.2 Å². The van der Waals surface area contributed by atoms with E-state index in [1.165, 1.54) is 82.5 Å². The van der Waals surface area contributed by atoms with E-state index in [0.29, 0.717) is 138 Å². The Balaban J connectivity index is 0.000000155. The maximum atomic E-state index is 13.4. The molecule has 1 aliphatic heterocycles. The Morgan fingerprint density at radius 3 is 1.56 bits per heavy atom. The Kier molecular flexibility index (Phi) is 25.1. The molecule has 34 heteroatoms. The number of thiophene rings is 3. The number of aromatic nitrogens is 8. The van der Waals surface area contributed by atoms with Gasteiger partial charge in [0.15, 0.2) is 0 Å². The van der Waals surface area contributed by atoms with Crippen LogP contribution in [-0.2, 0) is 87.0 Å². The number of ether oxygens (including phenoxy) is 1. The van der Waals surface area contributed by atoms with Crippen molar-refractivity contribution in [2.24, 2.45) is 50.9 Å². The van der Waals surface area contributed by atoms with Crippen molar-refractivity contribution in [2.75, 3.05) is 33.0 Å². The van der Waals surface area contributed by atoms with Gasteiger partial charge in [-0.25, -0.2) is 45.3 Å². The number of ketones is 3. The zero-order chi connectivity index (χ0) is 73.2. The van der Waals surface area contributed by atoms with Gasteiger partial charge in [-0.15, -0.1) is 34.0 Å². The number of benzene rings is 1. The van der Waals surface area contributed by atoms with Crippen LogP contribution in [0.4, 0.5) is 0 Å². The largest absolute Gasteiger partial charge is 0.393 e. The summed E-state index contributed by atoms with van der Waals surface area (Å²) in [4.78, 5) is 68.0. The Morgan fingerprint density at radius 1 is 0.621 bits per heavy atom. The summed E-state index contributed by atoms with van der Waals surface area (Å²) in [5, 5.41) is 59.8. The molecule has 0 bridgehead atoms. The van der Waals surface area contributed by atoms with Crippen LogP contribution in [0.3, 0.4) is 0 Å². The number of aryl methyl sites for hydroxylation is 1. The molecule has 13 rings (SSSR count). The van der Waals surface area contributed by atoms with Crippen LogP contribution >= 0.6 is 34.0 Å². The minimum atomic E-state index is -4.07. The number of nitrogens with two attached hydrogens (primary N) is 3. The van der Waals surface area contributed by atoms with Crippen LogP contribution in [0.25, 0.3) is 10.9 Å². The highest BCUT2D eigenvalue weighted by molar-refractivity contribution is 7.84. The maximum Gasteiger partial charge on any atom is 0.333 e. The topological polar surface area (TPSA) is 440 Å². The number of carbonyl (C=O) groups is 3. The first kappa shape index (κ1) is 76.2. The predicted octanol–water partition coefficient (Wildman–Crippen LogP) is 6.29. The monoisotopic (exact) mass is 1520 g/mol. The summed E-state index contributed by atoms with van der Waals surface area (Å²) in [5.74, 6) is -1.41. The number of hydrogen-bond acceptors (Lipinski definition) is 26. The molecule has 3 fully saturated rings. The number of nitriles is 1. The second kappa shape index (κ2) is 33.9. The molecule has 0 radical (unpaired) electrons. The fraction of sp³-hybridized carbons (Fsp3) is 0.391. The number of para-hydroxylation sites is 1. The summed E-state index contributed by atoms with van der Waals surface area (Å²) in [6, 6.07) is 19.8. The number of rotatable bonds is 27. The molecule has 8 aromatic heterocycles. The Bertz CT molecular complexity index is 4950. The lowest BCUT2D eigenvalue weighted by atomic mass is 9.96. The highest BCUT2D eigenvalue weighted by Gasteiger charge is 2.38. The van der Waals surface area contributed by atoms with Gasteiger partial charge in [0.05, 0.1) is 105 Å². The summed E-state index contributed by atoms with van der Waals surface area (Å²) in [7, 11) is -12.2. The number of aliphatic hydroxyl groups excluding tert-OH is 3. The highest BCUT2D eigenvalue weighted by Crippen LogP contribution is 2.38. The zero-order valence-electron chi connectivity index (χ0n) is 55.7.